The van der Waals surface area contributed by atoms with Gasteiger partial charge in [-0.3, -0.25) is 4.79 Å². The Kier molecular flexibility index (Phi) is 1.14. The van der Waals surface area contributed by atoms with Crippen molar-refractivity contribution in [1.82, 2.24) is 0 Å². The minimum atomic E-state index is -0.0288. The number of carbonyl (C=O) groups is 1. The Balaban J connectivity index is 2.29. The Hall–Kier alpha value is -0.590. The number of fused-ring (bicyclic) bond motifs is 1. The number of carbonyl (C=O) groups excluding carboxylic acids is 1. The van der Waals surface area contributed by atoms with Crippen molar-refractivity contribution in [3.8, 4) is 0 Å². The van der Waals surface area contributed by atoms with Crippen LogP contribution in [0.3, 0.4) is 0 Å². The largest absolute Gasteiger partial charge is 0.298 e. The van der Waals surface area contributed by atoms with Gasteiger partial charge in [-0.1, -0.05) is 25.5 Å². The molecule has 0 bridgehead atoms. The van der Waals surface area contributed by atoms with E-state index in [0.717, 1.165) is 6.42 Å². The maximum Gasteiger partial charge on any atom is 0.146 e. The van der Waals surface area contributed by atoms with Gasteiger partial charge in [-0.15, -0.1) is 0 Å². The lowest BCUT2D eigenvalue weighted by atomic mass is 9.54. The molecule has 1 heteroatoms. The van der Waals surface area contributed by atoms with Crippen LogP contribution in [0, 0.1) is 17.3 Å². The molecular weight excluding hydrogens is 136 g/mol. The quantitative estimate of drug-likeness (QED) is 0.484. The summed E-state index contributed by atoms with van der Waals surface area (Å²) in [4.78, 5) is 11.5. The third-order valence-corrected chi connectivity index (χ3v) is 3.43. The Morgan fingerprint density at radius 3 is 2.73 bits per heavy atom. The highest BCUT2D eigenvalue weighted by Gasteiger charge is 2.57. The average molecular weight is 150 g/mol. The average Bonchev–Trinajstić information content (AvgIpc) is 2.29. The van der Waals surface area contributed by atoms with E-state index in [-0.39, 0.29) is 5.41 Å². The van der Waals surface area contributed by atoms with Gasteiger partial charge in [-0.2, -0.15) is 0 Å². The standard InChI is InChI=1S/C10H14O/c1-6-4-5-7-8(6)9(11)10(7,2)3/h4,7-8H,5H2,1-3H3. The predicted octanol–water partition coefficient (Wildman–Crippen LogP) is 2.18. The van der Waals surface area contributed by atoms with Gasteiger partial charge in [0.25, 0.3) is 0 Å². The molecule has 2 aliphatic carbocycles. The molecule has 0 radical (unpaired) electrons. The second-order valence-corrected chi connectivity index (χ2v) is 4.35. The van der Waals surface area contributed by atoms with Crippen LogP contribution in [0.1, 0.15) is 27.2 Å². The van der Waals surface area contributed by atoms with Crippen molar-refractivity contribution < 1.29 is 4.79 Å². The Labute approximate surface area is 67.5 Å². The highest BCUT2D eigenvalue weighted by molar-refractivity contribution is 5.96. The molecule has 0 aromatic heterocycles. The van der Waals surface area contributed by atoms with Gasteiger partial charge in [-0.25, -0.2) is 0 Å². The normalized spacial score (nSPS) is 39.5. The van der Waals surface area contributed by atoms with Crippen LogP contribution in [0.25, 0.3) is 0 Å². The number of Topliss-reactive ketones (excluding diaryl/α,β-unsaturated/α-hetero) is 1. The van der Waals surface area contributed by atoms with Gasteiger partial charge in [0.15, 0.2) is 0 Å². The van der Waals surface area contributed by atoms with E-state index in [2.05, 4.69) is 26.8 Å². The first-order valence-corrected chi connectivity index (χ1v) is 4.26. The predicted molar refractivity (Wildman–Crippen MR) is 44.1 cm³/mol. The van der Waals surface area contributed by atoms with Gasteiger partial charge in [0, 0.05) is 11.3 Å². The van der Waals surface area contributed by atoms with E-state index in [1.165, 1.54) is 5.57 Å². The number of hydrogen-bond acceptors (Lipinski definition) is 1. The zero-order valence-electron chi connectivity index (χ0n) is 7.35. The van der Waals surface area contributed by atoms with Crippen molar-refractivity contribution in [3.63, 3.8) is 0 Å². The SMILES string of the molecule is CC1=CCC2C1C(=O)C2(C)C. The molecule has 0 amide bonds. The summed E-state index contributed by atoms with van der Waals surface area (Å²) in [6, 6.07) is 0. The van der Waals surface area contributed by atoms with Gasteiger partial charge in [0.1, 0.15) is 5.78 Å². The van der Waals surface area contributed by atoms with Gasteiger partial charge < -0.3 is 0 Å². The maximum atomic E-state index is 11.5. The van der Waals surface area contributed by atoms with E-state index in [1.54, 1.807) is 0 Å². The highest BCUT2D eigenvalue weighted by Crippen LogP contribution is 2.55. The molecule has 1 fully saturated rings. The molecule has 2 unspecified atom stereocenters. The van der Waals surface area contributed by atoms with Crippen LogP contribution in [0.5, 0.6) is 0 Å². The van der Waals surface area contributed by atoms with Crippen LogP contribution in [0.2, 0.25) is 0 Å². The fourth-order valence-electron chi connectivity index (χ4n) is 2.48. The molecule has 2 atom stereocenters. The van der Waals surface area contributed by atoms with E-state index < -0.39 is 0 Å². The fourth-order valence-corrected chi connectivity index (χ4v) is 2.48. The summed E-state index contributed by atoms with van der Waals surface area (Å²) in [7, 11) is 0. The highest BCUT2D eigenvalue weighted by atomic mass is 16.1. The molecule has 0 aliphatic heterocycles. The lowest BCUT2D eigenvalue weighted by Gasteiger charge is -2.46. The summed E-state index contributed by atoms with van der Waals surface area (Å²) in [5.41, 5.74) is 1.28. The summed E-state index contributed by atoms with van der Waals surface area (Å²) in [6.45, 7) is 6.23. The van der Waals surface area contributed by atoms with Crippen molar-refractivity contribution in [1.29, 1.82) is 0 Å². The molecule has 1 saturated carbocycles. The number of rotatable bonds is 0. The van der Waals surface area contributed by atoms with Crippen molar-refractivity contribution in [3.05, 3.63) is 11.6 Å². The molecule has 0 N–H and O–H groups in total. The molecular formula is C10H14O. The topological polar surface area (TPSA) is 17.1 Å². The third-order valence-electron chi connectivity index (χ3n) is 3.43. The van der Waals surface area contributed by atoms with Crippen molar-refractivity contribution in [2.75, 3.05) is 0 Å². The van der Waals surface area contributed by atoms with E-state index in [1.807, 2.05) is 0 Å². The maximum absolute atomic E-state index is 11.5. The molecule has 0 saturated heterocycles. The minimum Gasteiger partial charge on any atom is -0.298 e. The first-order valence-electron chi connectivity index (χ1n) is 4.26. The Bertz CT molecular complexity index is 248. The lowest BCUT2D eigenvalue weighted by Crippen LogP contribution is -2.52. The van der Waals surface area contributed by atoms with Crippen molar-refractivity contribution in [2.45, 2.75) is 27.2 Å². The molecule has 0 aromatic carbocycles. The minimum absolute atomic E-state index is 0.0288. The summed E-state index contributed by atoms with van der Waals surface area (Å²) in [5, 5.41) is 0. The second-order valence-electron chi connectivity index (χ2n) is 4.35. The first-order chi connectivity index (χ1) is 5.05. The first kappa shape index (κ1) is 7.08. The van der Waals surface area contributed by atoms with Crippen LogP contribution in [-0.4, -0.2) is 5.78 Å². The third kappa shape index (κ3) is 0.640. The van der Waals surface area contributed by atoms with Crippen LogP contribution in [0.4, 0.5) is 0 Å². The summed E-state index contributed by atoms with van der Waals surface area (Å²) < 4.78 is 0. The van der Waals surface area contributed by atoms with E-state index in [9.17, 15) is 4.79 Å². The molecule has 0 aromatic rings. The van der Waals surface area contributed by atoms with Gasteiger partial charge in [-0.05, 0) is 19.3 Å². The van der Waals surface area contributed by atoms with Gasteiger partial charge in [0.2, 0.25) is 0 Å². The lowest BCUT2D eigenvalue weighted by molar-refractivity contribution is -0.148. The van der Waals surface area contributed by atoms with E-state index >= 15 is 0 Å². The summed E-state index contributed by atoms with van der Waals surface area (Å²) in [6.07, 6.45) is 3.34. The van der Waals surface area contributed by atoms with Crippen LogP contribution < -0.4 is 0 Å². The molecule has 1 nitrogen and oxygen atoms in total. The molecule has 0 heterocycles. The van der Waals surface area contributed by atoms with Crippen LogP contribution in [0.15, 0.2) is 11.6 Å². The van der Waals surface area contributed by atoms with Crippen molar-refractivity contribution in [2.24, 2.45) is 17.3 Å². The summed E-state index contributed by atoms with van der Waals surface area (Å²) in [5.74, 6) is 1.37. The van der Waals surface area contributed by atoms with Gasteiger partial charge >= 0.3 is 0 Å². The summed E-state index contributed by atoms with van der Waals surface area (Å²) >= 11 is 0. The Morgan fingerprint density at radius 2 is 2.18 bits per heavy atom. The molecule has 2 aliphatic rings. The van der Waals surface area contributed by atoms with E-state index in [0.29, 0.717) is 17.6 Å². The van der Waals surface area contributed by atoms with Crippen LogP contribution >= 0.6 is 0 Å². The van der Waals surface area contributed by atoms with Gasteiger partial charge in [0.05, 0.1) is 0 Å². The molecule has 60 valence electrons. The number of ketones is 1. The second kappa shape index (κ2) is 1.77. The Morgan fingerprint density at radius 1 is 1.55 bits per heavy atom. The molecule has 0 spiro atoms. The fraction of sp³-hybridized carbons (Fsp3) is 0.700. The van der Waals surface area contributed by atoms with Crippen molar-refractivity contribution >= 4 is 5.78 Å². The van der Waals surface area contributed by atoms with E-state index in [4.69, 9.17) is 0 Å². The zero-order valence-corrected chi connectivity index (χ0v) is 7.35. The zero-order chi connectivity index (χ0) is 8.22. The smallest absolute Gasteiger partial charge is 0.146 e. The molecule has 2 rings (SSSR count). The molecule has 11 heavy (non-hydrogen) atoms. The number of allylic oxidation sites excluding steroid dienone is 2. The van der Waals surface area contributed by atoms with Crippen LogP contribution in [-0.2, 0) is 4.79 Å². The monoisotopic (exact) mass is 150 g/mol. The number of hydrogen-bond donors (Lipinski definition) is 0.